The molecule has 2 rings (SSSR count). The van der Waals surface area contributed by atoms with E-state index in [4.69, 9.17) is 4.74 Å². The maximum atomic E-state index is 5.62. The monoisotopic (exact) mass is 219 g/mol. The van der Waals surface area contributed by atoms with Crippen LogP contribution in [0, 0.1) is 0 Å². The predicted octanol–water partition coefficient (Wildman–Crippen LogP) is 1.82. The Labute approximate surface area is 95.7 Å². The molecule has 0 bridgehead atoms. The summed E-state index contributed by atoms with van der Waals surface area (Å²) >= 11 is 0. The smallest absolute Gasteiger partial charge is 0.114 e. The van der Waals surface area contributed by atoms with Gasteiger partial charge in [0.05, 0.1) is 18.8 Å². The molecule has 0 saturated heterocycles. The average Bonchev–Trinajstić information content (AvgIpc) is 2.85. The highest BCUT2D eigenvalue weighted by Crippen LogP contribution is 2.25. The Morgan fingerprint density at radius 3 is 3.06 bits per heavy atom. The zero-order valence-corrected chi connectivity index (χ0v) is 9.52. The van der Waals surface area contributed by atoms with Crippen molar-refractivity contribution in [2.24, 2.45) is 0 Å². The number of rotatable bonds is 5. The lowest BCUT2D eigenvalue weighted by atomic mass is 10.1. The molecule has 2 heterocycles. The normalized spacial score (nSPS) is 16.7. The highest BCUT2D eigenvalue weighted by Gasteiger charge is 2.20. The van der Waals surface area contributed by atoms with Crippen LogP contribution >= 0.6 is 0 Å². The molecule has 1 aliphatic rings. The molecule has 1 N–H and O–H groups in total. The van der Waals surface area contributed by atoms with E-state index in [-0.39, 0.29) is 6.04 Å². The Morgan fingerprint density at radius 2 is 2.44 bits per heavy atom. The van der Waals surface area contributed by atoms with Crippen molar-refractivity contribution in [2.45, 2.75) is 25.8 Å². The molecule has 1 aliphatic heterocycles. The van der Waals surface area contributed by atoms with Crippen molar-refractivity contribution in [3.05, 3.63) is 35.9 Å². The lowest BCUT2D eigenvalue weighted by Crippen LogP contribution is -2.24. The number of ether oxygens (including phenoxy) is 1. The predicted molar refractivity (Wildman–Crippen MR) is 61.7 cm³/mol. The van der Waals surface area contributed by atoms with Gasteiger partial charge in [0.25, 0.3) is 0 Å². The van der Waals surface area contributed by atoms with Gasteiger partial charge in [-0.1, -0.05) is 6.92 Å². The molecule has 0 amide bonds. The molecular formula is C12H17N3O. The summed E-state index contributed by atoms with van der Waals surface area (Å²) in [6.07, 6.45) is 7.75. The summed E-state index contributed by atoms with van der Waals surface area (Å²) in [5, 5.41) is 11.2. The highest BCUT2D eigenvalue weighted by molar-refractivity contribution is 5.22. The topological polar surface area (TPSA) is 47.0 Å². The highest BCUT2D eigenvalue weighted by atomic mass is 16.5. The minimum absolute atomic E-state index is 0.123. The van der Waals surface area contributed by atoms with Crippen LogP contribution in [0.15, 0.2) is 30.3 Å². The lowest BCUT2D eigenvalue weighted by Gasteiger charge is -2.19. The Hall–Kier alpha value is -1.42. The maximum absolute atomic E-state index is 5.62. The van der Waals surface area contributed by atoms with E-state index in [0.29, 0.717) is 0 Å². The minimum atomic E-state index is 0.123. The first-order chi connectivity index (χ1) is 7.92. The first-order valence-electron chi connectivity index (χ1n) is 5.74. The molecule has 0 aromatic carbocycles. The summed E-state index contributed by atoms with van der Waals surface area (Å²) in [6, 6.07) is 2.10. The number of nitrogens with one attached hydrogen (secondary N) is 1. The summed E-state index contributed by atoms with van der Waals surface area (Å²) < 4.78 is 5.62. The summed E-state index contributed by atoms with van der Waals surface area (Å²) in [6.45, 7) is 3.91. The molecule has 1 atom stereocenters. The van der Waals surface area contributed by atoms with E-state index in [1.165, 1.54) is 0 Å². The third-order valence-corrected chi connectivity index (χ3v) is 2.56. The van der Waals surface area contributed by atoms with Crippen LogP contribution in [0.4, 0.5) is 0 Å². The molecule has 4 heteroatoms. The molecule has 0 spiro atoms. The fraction of sp³-hybridized carbons (Fsp3) is 0.500. The van der Waals surface area contributed by atoms with Crippen LogP contribution in [0.1, 0.15) is 31.4 Å². The Balaban J connectivity index is 2.14. The van der Waals surface area contributed by atoms with Crippen LogP contribution in [0.25, 0.3) is 0 Å². The second kappa shape index (κ2) is 5.61. The second-order valence-electron chi connectivity index (χ2n) is 3.81. The van der Waals surface area contributed by atoms with Crippen LogP contribution in [0.5, 0.6) is 0 Å². The van der Waals surface area contributed by atoms with Crippen LogP contribution in [0.3, 0.4) is 0 Å². The van der Waals surface area contributed by atoms with E-state index in [1.54, 1.807) is 12.4 Å². The van der Waals surface area contributed by atoms with E-state index >= 15 is 0 Å². The SMILES string of the molecule is CCCNC(C1=CCCO1)c1ccnnc1. The standard InChI is InChI=1S/C12H17N3O/c1-2-6-13-12(11-4-3-8-16-11)10-5-7-14-15-9-10/h4-5,7,9,12-13H,2-3,6,8H2,1H3. The molecule has 16 heavy (non-hydrogen) atoms. The van der Waals surface area contributed by atoms with Gasteiger partial charge in [0.1, 0.15) is 5.76 Å². The molecule has 1 aromatic rings. The lowest BCUT2D eigenvalue weighted by molar-refractivity contribution is 0.215. The zero-order chi connectivity index (χ0) is 11.2. The van der Waals surface area contributed by atoms with Gasteiger partial charge in [0.15, 0.2) is 0 Å². The van der Waals surface area contributed by atoms with Crippen molar-refractivity contribution < 1.29 is 4.74 Å². The average molecular weight is 219 g/mol. The molecule has 0 saturated carbocycles. The van der Waals surface area contributed by atoms with E-state index in [2.05, 4.69) is 28.5 Å². The second-order valence-corrected chi connectivity index (χ2v) is 3.81. The van der Waals surface area contributed by atoms with Gasteiger partial charge in [-0.15, -0.1) is 0 Å². The van der Waals surface area contributed by atoms with E-state index in [0.717, 1.165) is 37.3 Å². The summed E-state index contributed by atoms with van der Waals surface area (Å²) in [5.74, 6) is 1.02. The molecule has 0 fully saturated rings. The van der Waals surface area contributed by atoms with Gasteiger partial charge in [-0.2, -0.15) is 10.2 Å². The Bertz CT molecular complexity index is 351. The molecule has 1 aromatic heterocycles. The van der Waals surface area contributed by atoms with Crippen molar-refractivity contribution >= 4 is 0 Å². The van der Waals surface area contributed by atoms with Gasteiger partial charge in [0, 0.05) is 12.6 Å². The first-order valence-corrected chi connectivity index (χ1v) is 5.74. The third kappa shape index (κ3) is 2.58. The molecule has 0 aliphatic carbocycles. The van der Waals surface area contributed by atoms with Gasteiger partial charge in [-0.3, -0.25) is 0 Å². The van der Waals surface area contributed by atoms with E-state index in [9.17, 15) is 0 Å². The van der Waals surface area contributed by atoms with Gasteiger partial charge >= 0.3 is 0 Å². The number of nitrogens with zero attached hydrogens (tertiary/aromatic N) is 2. The van der Waals surface area contributed by atoms with Crippen molar-refractivity contribution in [3.8, 4) is 0 Å². The Morgan fingerprint density at radius 1 is 1.50 bits per heavy atom. The fourth-order valence-electron chi connectivity index (χ4n) is 1.78. The van der Waals surface area contributed by atoms with E-state index in [1.807, 2.05) is 6.07 Å². The van der Waals surface area contributed by atoms with Crippen LogP contribution in [-0.4, -0.2) is 23.3 Å². The van der Waals surface area contributed by atoms with Crippen molar-refractivity contribution in [2.75, 3.05) is 13.2 Å². The van der Waals surface area contributed by atoms with Crippen molar-refractivity contribution in [1.82, 2.24) is 15.5 Å². The van der Waals surface area contributed by atoms with Gasteiger partial charge < -0.3 is 10.1 Å². The molecule has 4 nitrogen and oxygen atoms in total. The largest absolute Gasteiger partial charge is 0.496 e. The third-order valence-electron chi connectivity index (χ3n) is 2.56. The summed E-state index contributed by atoms with van der Waals surface area (Å²) in [4.78, 5) is 0. The number of aromatic nitrogens is 2. The zero-order valence-electron chi connectivity index (χ0n) is 9.52. The van der Waals surface area contributed by atoms with Crippen molar-refractivity contribution in [1.29, 1.82) is 0 Å². The van der Waals surface area contributed by atoms with Crippen LogP contribution in [-0.2, 0) is 4.74 Å². The summed E-state index contributed by atoms with van der Waals surface area (Å²) in [7, 11) is 0. The molecule has 0 radical (unpaired) electrons. The van der Waals surface area contributed by atoms with Gasteiger partial charge in [-0.05, 0) is 30.7 Å². The molecule has 86 valence electrons. The minimum Gasteiger partial charge on any atom is -0.496 e. The molecular weight excluding hydrogens is 202 g/mol. The maximum Gasteiger partial charge on any atom is 0.114 e. The van der Waals surface area contributed by atoms with Crippen LogP contribution in [0.2, 0.25) is 0 Å². The first kappa shape index (κ1) is 11.1. The van der Waals surface area contributed by atoms with Crippen molar-refractivity contribution in [3.63, 3.8) is 0 Å². The molecule has 1 unspecified atom stereocenters. The van der Waals surface area contributed by atoms with E-state index < -0.39 is 0 Å². The fourth-order valence-corrected chi connectivity index (χ4v) is 1.78. The quantitative estimate of drug-likeness (QED) is 0.820. The number of hydrogen-bond donors (Lipinski definition) is 1. The summed E-state index contributed by atoms with van der Waals surface area (Å²) in [5.41, 5.74) is 1.11. The van der Waals surface area contributed by atoms with Gasteiger partial charge in [0.2, 0.25) is 0 Å². The number of hydrogen-bond acceptors (Lipinski definition) is 4. The van der Waals surface area contributed by atoms with Crippen LogP contribution < -0.4 is 5.32 Å². The van der Waals surface area contributed by atoms with Gasteiger partial charge in [-0.25, -0.2) is 0 Å². The Kier molecular flexibility index (Phi) is 3.88.